The number of sulfonamides is 1. The minimum absolute atomic E-state index is 0.0881. The molecule has 0 heterocycles. The van der Waals surface area contributed by atoms with Crippen molar-refractivity contribution >= 4 is 10.0 Å². The van der Waals surface area contributed by atoms with Crippen LogP contribution in [0.3, 0.4) is 0 Å². The molecule has 1 aliphatic carbocycles. The highest BCUT2D eigenvalue weighted by atomic mass is 32.2. The van der Waals surface area contributed by atoms with Gasteiger partial charge in [0, 0.05) is 13.2 Å². The average molecular weight is 308 g/mol. The number of hydrogen-bond donors (Lipinski definition) is 2. The second-order valence-electron chi connectivity index (χ2n) is 5.55. The maximum atomic E-state index is 12.1. The van der Waals surface area contributed by atoms with E-state index < -0.39 is 10.0 Å². The number of rotatable bonds is 6. The van der Waals surface area contributed by atoms with E-state index in [1.54, 1.807) is 24.3 Å². The summed E-state index contributed by atoms with van der Waals surface area (Å²) in [5, 5.41) is 18.0. The Bertz CT molecular complexity index is 605. The van der Waals surface area contributed by atoms with Crippen molar-refractivity contribution in [3.63, 3.8) is 0 Å². The lowest BCUT2D eigenvalue weighted by Gasteiger charge is -2.17. The summed E-state index contributed by atoms with van der Waals surface area (Å²) in [5.41, 5.74) is 1.17. The number of hydrogen-bond acceptors (Lipinski definition) is 4. The standard InChI is InChI=1S/C15H20N2O3S/c16-8-12-4-6-13(7-5-12)11-21(19,20)17-9-14-2-1-3-15(14)10-18/h4-7,14-15,17-18H,1-3,9-11H2. The van der Waals surface area contributed by atoms with Crippen LogP contribution < -0.4 is 4.72 Å². The molecule has 5 nitrogen and oxygen atoms in total. The van der Waals surface area contributed by atoms with E-state index in [2.05, 4.69) is 4.72 Å². The summed E-state index contributed by atoms with van der Waals surface area (Å²) < 4.78 is 26.8. The molecule has 114 valence electrons. The monoisotopic (exact) mass is 308 g/mol. The molecule has 2 rings (SSSR count). The van der Waals surface area contributed by atoms with Gasteiger partial charge in [-0.25, -0.2) is 13.1 Å². The Morgan fingerprint density at radius 1 is 1.24 bits per heavy atom. The van der Waals surface area contributed by atoms with Gasteiger partial charge in [0.25, 0.3) is 0 Å². The molecule has 0 saturated heterocycles. The summed E-state index contributed by atoms with van der Waals surface area (Å²) in [6.45, 7) is 0.520. The van der Waals surface area contributed by atoms with Crippen LogP contribution in [0.1, 0.15) is 30.4 Å². The van der Waals surface area contributed by atoms with E-state index in [1.807, 2.05) is 6.07 Å². The Hall–Kier alpha value is -1.42. The average Bonchev–Trinajstić information content (AvgIpc) is 2.93. The molecule has 0 aliphatic heterocycles. The normalized spacial score (nSPS) is 22.1. The first-order chi connectivity index (χ1) is 10.0. The van der Waals surface area contributed by atoms with Crippen molar-refractivity contribution in [3.8, 4) is 6.07 Å². The van der Waals surface area contributed by atoms with Gasteiger partial charge < -0.3 is 5.11 Å². The molecule has 1 aliphatic rings. The summed E-state index contributed by atoms with van der Waals surface area (Å²) in [6, 6.07) is 8.54. The summed E-state index contributed by atoms with van der Waals surface area (Å²) in [6.07, 6.45) is 2.98. The second kappa shape index (κ2) is 7.03. The highest BCUT2D eigenvalue weighted by Gasteiger charge is 2.27. The summed E-state index contributed by atoms with van der Waals surface area (Å²) >= 11 is 0. The van der Waals surface area contributed by atoms with Crippen LogP contribution in [0.4, 0.5) is 0 Å². The number of nitrogens with zero attached hydrogens (tertiary/aromatic N) is 1. The van der Waals surface area contributed by atoms with Gasteiger partial charge in [-0.3, -0.25) is 0 Å². The molecule has 21 heavy (non-hydrogen) atoms. The molecule has 0 aromatic heterocycles. The summed E-state index contributed by atoms with van der Waals surface area (Å²) in [4.78, 5) is 0. The zero-order valence-corrected chi connectivity index (χ0v) is 12.6. The third kappa shape index (κ3) is 4.53. The van der Waals surface area contributed by atoms with Crippen LogP contribution in [-0.2, 0) is 15.8 Å². The molecule has 0 spiro atoms. The SMILES string of the molecule is N#Cc1ccc(CS(=O)(=O)NCC2CCCC2CO)cc1. The summed E-state index contributed by atoms with van der Waals surface area (Å²) in [5.74, 6) is 0.350. The Labute approximate surface area is 125 Å². The van der Waals surface area contributed by atoms with E-state index in [-0.39, 0.29) is 24.2 Å². The van der Waals surface area contributed by atoms with Gasteiger partial charge in [0.05, 0.1) is 17.4 Å². The summed E-state index contributed by atoms with van der Waals surface area (Å²) in [7, 11) is -3.39. The van der Waals surface area contributed by atoms with E-state index in [0.717, 1.165) is 19.3 Å². The maximum absolute atomic E-state index is 12.1. The van der Waals surface area contributed by atoms with Crippen molar-refractivity contribution in [1.82, 2.24) is 4.72 Å². The fourth-order valence-electron chi connectivity index (χ4n) is 2.80. The highest BCUT2D eigenvalue weighted by Crippen LogP contribution is 2.30. The molecule has 2 unspecified atom stereocenters. The van der Waals surface area contributed by atoms with E-state index in [0.29, 0.717) is 17.7 Å². The van der Waals surface area contributed by atoms with Gasteiger partial charge in [0.1, 0.15) is 0 Å². The Kier molecular flexibility index (Phi) is 5.34. The number of aliphatic hydroxyl groups excluding tert-OH is 1. The van der Waals surface area contributed by atoms with Gasteiger partial charge >= 0.3 is 0 Å². The Balaban J connectivity index is 1.91. The van der Waals surface area contributed by atoms with Crippen molar-refractivity contribution in [2.24, 2.45) is 11.8 Å². The lowest BCUT2D eigenvalue weighted by Crippen LogP contribution is -2.32. The van der Waals surface area contributed by atoms with Gasteiger partial charge in [-0.15, -0.1) is 0 Å². The molecular formula is C15H20N2O3S. The molecule has 1 aromatic carbocycles. The predicted molar refractivity (Wildman–Crippen MR) is 79.7 cm³/mol. The lowest BCUT2D eigenvalue weighted by molar-refractivity contribution is 0.195. The fourth-order valence-corrected chi connectivity index (χ4v) is 4.00. The van der Waals surface area contributed by atoms with Crippen molar-refractivity contribution in [3.05, 3.63) is 35.4 Å². The van der Waals surface area contributed by atoms with Crippen molar-refractivity contribution in [2.45, 2.75) is 25.0 Å². The molecule has 0 radical (unpaired) electrons. The minimum atomic E-state index is -3.39. The molecule has 2 atom stereocenters. The molecule has 1 saturated carbocycles. The Morgan fingerprint density at radius 3 is 2.52 bits per heavy atom. The van der Waals surface area contributed by atoms with Gasteiger partial charge in [0.15, 0.2) is 0 Å². The van der Waals surface area contributed by atoms with Gasteiger partial charge in [-0.05, 0) is 42.4 Å². The molecule has 6 heteroatoms. The van der Waals surface area contributed by atoms with Crippen LogP contribution in [0.5, 0.6) is 0 Å². The van der Waals surface area contributed by atoms with Crippen LogP contribution in [0.25, 0.3) is 0 Å². The van der Waals surface area contributed by atoms with Crippen LogP contribution in [-0.4, -0.2) is 26.7 Å². The van der Waals surface area contributed by atoms with Crippen LogP contribution in [0.15, 0.2) is 24.3 Å². The minimum Gasteiger partial charge on any atom is -0.396 e. The zero-order chi connectivity index (χ0) is 15.3. The number of benzene rings is 1. The van der Waals surface area contributed by atoms with Gasteiger partial charge in [-0.1, -0.05) is 18.6 Å². The molecular weight excluding hydrogens is 288 g/mol. The van der Waals surface area contributed by atoms with E-state index >= 15 is 0 Å². The smallest absolute Gasteiger partial charge is 0.215 e. The van der Waals surface area contributed by atoms with Crippen LogP contribution >= 0.6 is 0 Å². The molecule has 0 amide bonds. The molecule has 2 N–H and O–H groups in total. The Morgan fingerprint density at radius 2 is 1.90 bits per heavy atom. The first-order valence-electron chi connectivity index (χ1n) is 7.11. The van der Waals surface area contributed by atoms with E-state index in [4.69, 9.17) is 5.26 Å². The first-order valence-corrected chi connectivity index (χ1v) is 8.76. The third-order valence-electron chi connectivity index (χ3n) is 4.06. The molecule has 1 fully saturated rings. The number of nitrogens with one attached hydrogen (secondary N) is 1. The van der Waals surface area contributed by atoms with Crippen molar-refractivity contribution in [1.29, 1.82) is 5.26 Å². The quantitative estimate of drug-likeness (QED) is 0.831. The molecule has 1 aromatic rings. The van der Waals surface area contributed by atoms with Gasteiger partial charge in [0.2, 0.25) is 10.0 Å². The maximum Gasteiger partial charge on any atom is 0.215 e. The highest BCUT2D eigenvalue weighted by molar-refractivity contribution is 7.88. The third-order valence-corrected chi connectivity index (χ3v) is 5.38. The first kappa shape index (κ1) is 16.0. The van der Waals surface area contributed by atoms with Crippen LogP contribution in [0.2, 0.25) is 0 Å². The van der Waals surface area contributed by atoms with E-state index in [1.165, 1.54) is 0 Å². The zero-order valence-electron chi connectivity index (χ0n) is 11.8. The van der Waals surface area contributed by atoms with Gasteiger partial charge in [-0.2, -0.15) is 5.26 Å². The van der Waals surface area contributed by atoms with Crippen molar-refractivity contribution < 1.29 is 13.5 Å². The van der Waals surface area contributed by atoms with Crippen LogP contribution in [0, 0.1) is 23.2 Å². The van der Waals surface area contributed by atoms with Crippen molar-refractivity contribution in [2.75, 3.05) is 13.2 Å². The van der Waals surface area contributed by atoms with E-state index in [9.17, 15) is 13.5 Å². The topological polar surface area (TPSA) is 90.2 Å². The number of aliphatic hydroxyl groups is 1. The second-order valence-corrected chi connectivity index (χ2v) is 7.36. The lowest BCUT2D eigenvalue weighted by atomic mass is 9.97. The fraction of sp³-hybridized carbons (Fsp3) is 0.533. The largest absolute Gasteiger partial charge is 0.396 e. The molecule has 0 bridgehead atoms. The number of nitriles is 1. The predicted octanol–water partition coefficient (Wildman–Crippen LogP) is 1.39.